The van der Waals surface area contributed by atoms with Crippen molar-refractivity contribution in [3.63, 3.8) is 0 Å². The number of carbonyl (C=O) groups is 2. The lowest BCUT2D eigenvalue weighted by molar-refractivity contribution is -0.308. The quantitative estimate of drug-likeness (QED) is 0.103. The van der Waals surface area contributed by atoms with Gasteiger partial charge in [0.2, 0.25) is 10.4 Å². The van der Waals surface area contributed by atoms with Gasteiger partial charge < -0.3 is 33.5 Å². The van der Waals surface area contributed by atoms with Crippen molar-refractivity contribution in [1.29, 1.82) is 0 Å². The Hall–Kier alpha value is -1.66. The van der Waals surface area contributed by atoms with Gasteiger partial charge in [-0.3, -0.25) is 13.8 Å². The summed E-state index contributed by atoms with van der Waals surface area (Å²) in [6.45, 7) is 11.2. The molecular weight excluding hydrogens is 672 g/mol. The van der Waals surface area contributed by atoms with Gasteiger partial charge in [0.25, 0.3) is 0 Å². The van der Waals surface area contributed by atoms with Gasteiger partial charge in [-0.25, -0.2) is 16.8 Å². The van der Waals surface area contributed by atoms with E-state index in [9.17, 15) is 45.7 Å². The second-order valence-corrected chi connectivity index (χ2v) is 17.9. The first-order valence-corrected chi connectivity index (χ1v) is 19.7. The Balaban J connectivity index is 1.51. The molecule has 0 aromatic heterocycles. The van der Waals surface area contributed by atoms with Crippen LogP contribution in [0.5, 0.6) is 0 Å². The second-order valence-electron chi connectivity index (χ2n) is 15.5. The zero-order chi connectivity index (χ0) is 35.6. The van der Waals surface area contributed by atoms with Crippen LogP contribution in [-0.4, -0.2) is 91.2 Å². The molecule has 5 rings (SSSR count). The molecule has 0 radical (unpaired) electrons. The molecular formula is C32H48O14S2-2. The van der Waals surface area contributed by atoms with Crippen molar-refractivity contribution in [3.05, 3.63) is 12.2 Å². The predicted octanol–water partition coefficient (Wildman–Crippen LogP) is 2.57. The zero-order valence-electron chi connectivity index (χ0n) is 27.8. The van der Waals surface area contributed by atoms with Crippen molar-refractivity contribution in [3.8, 4) is 0 Å². The summed E-state index contributed by atoms with van der Waals surface area (Å²) in [5.41, 5.74) is 0.755. The molecule has 5 fully saturated rings. The van der Waals surface area contributed by atoms with Crippen molar-refractivity contribution >= 4 is 32.5 Å². The predicted molar refractivity (Wildman–Crippen MR) is 165 cm³/mol. The Labute approximate surface area is 282 Å². The van der Waals surface area contributed by atoms with Crippen LogP contribution in [0.15, 0.2) is 12.2 Å². The summed E-state index contributed by atoms with van der Waals surface area (Å²) in [5.74, 6) is -5.18. The maximum absolute atomic E-state index is 13.0. The van der Waals surface area contributed by atoms with Gasteiger partial charge in [-0.05, 0) is 85.4 Å². The van der Waals surface area contributed by atoms with E-state index in [1.54, 1.807) is 13.8 Å². The Morgan fingerprint density at radius 1 is 1.10 bits per heavy atom. The first-order chi connectivity index (χ1) is 22.2. The van der Waals surface area contributed by atoms with Gasteiger partial charge in [-0.15, -0.1) is 0 Å². The minimum atomic E-state index is -5.52. The molecule has 0 aromatic carbocycles. The molecule has 1 aliphatic heterocycles. The summed E-state index contributed by atoms with van der Waals surface area (Å²) >= 11 is 0. The van der Waals surface area contributed by atoms with Crippen LogP contribution in [0.25, 0.3) is 0 Å². The maximum atomic E-state index is 13.0. The number of ether oxygens (including phenoxy) is 3. The summed E-state index contributed by atoms with van der Waals surface area (Å²) in [5, 5.41) is 20.6. The van der Waals surface area contributed by atoms with Gasteiger partial charge in [0.1, 0.15) is 12.2 Å². The van der Waals surface area contributed by atoms with E-state index < -0.39 is 92.8 Å². The van der Waals surface area contributed by atoms with Crippen LogP contribution in [0.1, 0.15) is 79.1 Å². The van der Waals surface area contributed by atoms with Crippen LogP contribution in [0.4, 0.5) is 0 Å². The van der Waals surface area contributed by atoms with E-state index in [1.165, 1.54) is 5.57 Å². The van der Waals surface area contributed by atoms with Crippen molar-refractivity contribution in [1.82, 2.24) is 0 Å². The van der Waals surface area contributed by atoms with Crippen LogP contribution in [0.3, 0.4) is 0 Å². The van der Waals surface area contributed by atoms with Crippen LogP contribution in [0, 0.1) is 52.3 Å². The first-order valence-electron chi connectivity index (χ1n) is 16.8. The summed E-state index contributed by atoms with van der Waals surface area (Å²) in [6.07, 6.45) is -3.04. The third-order valence-corrected chi connectivity index (χ3v) is 13.6. The highest BCUT2D eigenvalue weighted by Crippen LogP contribution is 2.72. The van der Waals surface area contributed by atoms with Gasteiger partial charge in [0.15, 0.2) is 12.4 Å². The topological polar surface area (TPSA) is 226 Å². The highest BCUT2D eigenvalue weighted by atomic mass is 32.3. The largest absolute Gasteiger partial charge is 0.748 e. The second kappa shape index (κ2) is 13.5. The van der Waals surface area contributed by atoms with Crippen molar-refractivity contribution in [2.75, 3.05) is 12.4 Å². The smallest absolute Gasteiger partial charge is 0.306 e. The highest BCUT2D eigenvalue weighted by Gasteiger charge is 2.66. The minimum Gasteiger partial charge on any atom is -0.748 e. The molecule has 2 N–H and O–H groups in total. The normalized spacial score (nSPS) is 43.0. The SMILES string of the molecule is C=C1C2CC[C@@H]3C(CC[C@@H]4C(C(=O)O)C[C@@H](O[C@H]5OC(CO)[C@H](OS(=O)(=O)[O-])C(CS(=O)(=O)[O-])[C@@H]5OC(=O)CC(C)C)C[C@]43C)(C2)C1C. The fourth-order valence-electron chi connectivity index (χ4n) is 10.5. The molecule has 274 valence electrons. The van der Waals surface area contributed by atoms with Crippen molar-refractivity contribution in [2.24, 2.45) is 52.3 Å². The molecule has 14 nitrogen and oxygen atoms in total. The summed E-state index contributed by atoms with van der Waals surface area (Å²) in [4.78, 5) is 25.8. The number of hydrogen-bond acceptors (Lipinski definition) is 13. The van der Waals surface area contributed by atoms with Gasteiger partial charge in [0.05, 0.1) is 28.7 Å². The number of carboxylic acid groups (broad SMARTS) is 1. The molecule has 1 saturated heterocycles. The standard InChI is InChI=1S/C32H50O14S2/c1-16(2)10-26(34)45-28-22(15-47(37,38)39)27(46-48(40,41)42)24(14-33)44-30(28)43-20-11-21(29(35)36)23-8-9-32-12-19(17(3)18(32)4)6-7-25(32)31(23,5)13-20/h16,18-25,27-28,30,33H,3,6-15H2,1-2,4-5H3,(H,35,36)(H,37,38,39)(H,40,41,42)/p-2/t18?,19?,20-,21?,22?,23-,24?,25+,27-,28+,30+,31-,32?/m1/s1. The molecule has 5 aliphatic rings. The summed E-state index contributed by atoms with van der Waals surface area (Å²) in [7, 11) is -10.7. The third kappa shape index (κ3) is 7.23. The number of esters is 1. The van der Waals surface area contributed by atoms with E-state index in [2.05, 4.69) is 24.6 Å². The summed E-state index contributed by atoms with van der Waals surface area (Å²) < 4.78 is 93.8. The number of rotatable bonds is 11. The lowest BCUT2D eigenvalue weighted by Gasteiger charge is -2.63. The number of aliphatic hydroxyl groups is 1. The van der Waals surface area contributed by atoms with E-state index in [0.29, 0.717) is 12.3 Å². The van der Waals surface area contributed by atoms with Crippen molar-refractivity contribution in [2.45, 2.75) is 110 Å². The minimum absolute atomic E-state index is 0.0175. The highest BCUT2D eigenvalue weighted by molar-refractivity contribution is 7.85. The van der Waals surface area contributed by atoms with E-state index in [4.69, 9.17) is 14.2 Å². The Morgan fingerprint density at radius 3 is 2.38 bits per heavy atom. The molecule has 1 spiro atoms. The average molecular weight is 721 g/mol. The van der Waals surface area contributed by atoms with Gasteiger partial charge in [-0.2, -0.15) is 0 Å². The van der Waals surface area contributed by atoms with Crippen LogP contribution in [-0.2, 0) is 48.5 Å². The lowest BCUT2D eigenvalue weighted by atomic mass is 9.42. The molecule has 6 unspecified atom stereocenters. The van der Waals surface area contributed by atoms with E-state index >= 15 is 0 Å². The number of allylic oxidation sites excluding steroid dienone is 1. The molecule has 13 atom stereocenters. The first kappa shape index (κ1) is 37.6. The van der Waals surface area contributed by atoms with Crippen LogP contribution in [0.2, 0.25) is 0 Å². The number of aliphatic carboxylic acids is 1. The summed E-state index contributed by atoms with van der Waals surface area (Å²) in [6, 6.07) is 0. The Morgan fingerprint density at radius 2 is 1.79 bits per heavy atom. The zero-order valence-corrected chi connectivity index (χ0v) is 29.4. The van der Waals surface area contributed by atoms with Gasteiger partial charge in [0, 0.05) is 18.1 Å². The number of carboxylic acids is 1. The fourth-order valence-corrected chi connectivity index (χ4v) is 11.9. The van der Waals surface area contributed by atoms with Crippen LogP contribution >= 0.6 is 0 Å². The monoisotopic (exact) mass is 720 g/mol. The maximum Gasteiger partial charge on any atom is 0.306 e. The van der Waals surface area contributed by atoms with Crippen LogP contribution < -0.4 is 0 Å². The average Bonchev–Trinajstić information content (AvgIpc) is 3.12. The number of carbonyl (C=O) groups excluding carboxylic acids is 1. The molecule has 48 heavy (non-hydrogen) atoms. The molecule has 0 amide bonds. The number of aliphatic hydroxyl groups excluding tert-OH is 1. The van der Waals surface area contributed by atoms with E-state index in [-0.39, 0.29) is 41.9 Å². The fraction of sp³-hybridized carbons (Fsp3) is 0.875. The Bertz CT molecular complexity index is 1480. The lowest BCUT2D eigenvalue weighted by Crippen LogP contribution is -2.62. The van der Waals surface area contributed by atoms with Crippen molar-refractivity contribution < 1.29 is 64.1 Å². The molecule has 1 heterocycles. The van der Waals surface area contributed by atoms with E-state index in [1.807, 2.05) is 0 Å². The van der Waals surface area contributed by atoms with Gasteiger partial charge >= 0.3 is 11.9 Å². The van der Waals surface area contributed by atoms with E-state index in [0.717, 1.165) is 32.1 Å². The molecule has 2 bridgehead atoms. The van der Waals surface area contributed by atoms with Gasteiger partial charge in [-0.1, -0.05) is 39.8 Å². The molecule has 16 heteroatoms. The number of hydrogen-bond donors (Lipinski definition) is 2. The number of fused-ring (bicyclic) bond motifs is 3. The molecule has 0 aromatic rings. The molecule has 4 saturated carbocycles. The third-order valence-electron chi connectivity index (χ3n) is 12.4. The molecule has 4 aliphatic carbocycles. The Kier molecular flexibility index (Phi) is 10.6.